The molecule has 2 rings (SSSR count). The number of benzene rings is 1. The summed E-state index contributed by atoms with van der Waals surface area (Å²) in [4.78, 5) is 2.60. The topological polar surface area (TPSA) is 29.3 Å². The Hall–Kier alpha value is -1.12. The van der Waals surface area contributed by atoms with Gasteiger partial charge in [-0.05, 0) is 56.8 Å². The summed E-state index contributed by atoms with van der Waals surface area (Å²) >= 11 is 0. The molecule has 2 N–H and O–H groups in total. The molecule has 2 heteroatoms. The van der Waals surface area contributed by atoms with Gasteiger partial charge in [0.15, 0.2) is 0 Å². The second-order valence-corrected chi connectivity index (χ2v) is 6.59. The summed E-state index contributed by atoms with van der Waals surface area (Å²) in [6, 6.07) is 9.10. The number of hydrogen-bond donors (Lipinski definition) is 1. The zero-order valence-corrected chi connectivity index (χ0v) is 13.9. The second-order valence-electron chi connectivity index (χ2n) is 6.59. The fraction of sp³-hybridized carbons (Fsp3) is 0.579. The van der Waals surface area contributed by atoms with Crippen LogP contribution >= 0.6 is 0 Å². The molecule has 116 valence electrons. The summed E-state index contributed by atoms with van der Waals surface area (Å²) in [6.45, 7) is 13.0. The summed E-state index contributed by atoms with van der Waals surface area (Å²) in [7, 11) is 0. The second kappa shape index (κ2) is 6.76. The van der Waals surface area contributed by atoms with E-state index in [-0.39, 0.29) is 5.54 Å². The molecule has 0 bridgehead atoms. The van der Waals surface area contributed by atoms with Crippen LogP contribution in [0.15, 0.2) is 36.4 Å². The van der Waals surface area contributed by atoms with Crippen molar-refractivity contribution in [3.8, 4) is 0 Å². The minimum Gasteiger partial charge on any atom is -0.320 e. The largest absolute Gasteiger partial charge is 0.320 e. The highest BCUT2D eigenvalue weighted by Gasteiger charge is 2.45. The smallest absolute Gasteiger partial charge is 0.0610 e. The van der Waals surface area contributed by atoms with Gasteiger partial charge in [-0.15, -0.1) is 6.58 Å². The highest BCUT2D eigenvalue weighted by atomic mass is 15.2. The average molecular weight is 286 g/mol. The van der Waals surface area contributed by atoms with Crippen molar-refractivity contribution in [2.75, 3.05) is 13.1 Å². The van der Waals surface area contributed by atoms with E-state index in [0.717, 1.165) is 25.9 Å². The number of rotatable bonds is 7. The normalized spacial score (nSPS) is 24.3. The standard InChI is InChI=1S/C19H30N2/c1-5-11-21(12-6-2)18-13-16-9-7-8-10-17(16)19(18,20)14-15(3)4/h7-10,18H,3,5-6,11-14,20H2,1-2,4H3. The summed E-state index contributed by atoms with van der Waals surface area (Å²) in [5.74, 6) is 0. The minimum absolute atomic E-state index is 0.285. The van der Waals surface area contributed by atoms with Crippen LogP contribution in [0.3, 0.4) is 0 Å². The Morgan fingerprint density at radius 2 is 1.90 bits per heavy atom. The molecule has 2 unspecified atom stereocenters. The molecule has 2 nitrogen and oxygen atoms in total. The Kier molecular flexibility index (Phi) is 5.23. The van der Waals surface area contributed by atoms with E-state index in [9.17, 15) is 0 Å². The number of fused-ring (bicyclic) bond motifs is 1. The molecule has 2 atom stereocenters. The van der Waals surface area contributed by atoms with Crippen molar-refractivity contribution in [1.29, 1.82) is 0 Å². The van der Waals surface area contributed by atoms with E-state index < -0.39 is 0 Å². The molecule has 0 fully saturated rings. The SMILES string of the molecule is C=C(C)CC1(N)c2ccccc2CC1N(CCC)CCC. The predicted octanol–water partition coefficient (Wildman–Crippen LogP) is 3.85. The minimum atomic E-state index is -0.285. The Labute approximate surface area is 130 Å². The molecule has 0 radical (unpaired) electrons. The molecule has 0 heterocycles. The molecule has 0 spiro atoms. The zero-order valence-electron chi connectivity index (χ0n) is 13.9. The number of nitrogens with zero attached hydrogens (tertiary/aromatic N) is 1. The van der Waals surface area contributed by atoms with Crippen molar-refractivity contribution in [2.24, 2.45) is 5.73 Å². The Balaban J connectivity index is 2.38. The first-order valence-electron chi connectivity index (χ1n) is 8.28. The van der Waals surface area contributed by atoms with Crippen LogP contribution in [0.5, 0.6) is 0 Å². The molecule has 1 aromatic rings. The van der Waals surface area contributed by atoms with Gasteiger partial charge in [0.05, 0.1) is 5.54 Å². The molecule has 1 aliphatic carbocycles. The molecule has 1 aliphatic rings. The summed E-state index contributed by atoms with van der Waals surface area (Å²) in [5.41, 5.74) is 10.6. The van der Waals surface area contributed by atoms with Crippen molar-refractivity contribution in [3.05, 3.63) is 47.5 Å². The number of hydrogen-bond acceptors (Lipinski definition) is 2. The average Bonchev–Trinajstić information content (AvgIpc) is 2.71. The third-order valence-corrected chi connectivity index (χ3v) is 4.58. The van der Waals surface area contributed by atoms with E-state index in [1.165, 1.54) is 29.5 Å². The highest BCUT2D eigenvalue weighted by molar-refractivity contribution is 5.42. The Morgan fingerprint density at radius 1 is 1.29 bits per heavy atom. The fourth-order valence-electron chi connectivity index (χ4n) is 3.89. The van der Waals surface area contributed by atoms with Crippen LogP contribution in [0.2, 0.25) is 0 Å². The number of nitrogens with two attached hydrogens (primary N) is 1. The van der Waals surface area contributed by atoms with Gasteiger partial charge in [0.2, 0.25) is 0 Å². The van der Waals surface area contributed by atoms with E-state index in [1.54, 1.807) is 0 Å². The summed E-state index contributed by atoms with van der Waals surface area (Å²) in [6.07, 6.45) is 4.30. The van der Waals surface area contributed by atoms with Gasteiger partial charge in [0.25, 0.3) is 0 Å². The van der Waals surface area contributed by atoms with Gasteiger partial charge < -0.3 is 5.73 Å². The Morgan fingerprint density at radius 3 is 2.48 bits per heavy atom. The maximum Gasteiger partial charge on any atom is 0.0610 e. The molecule has 0 amide bonds. The molecule has 0 saturated carbocycles. The molecule has 1 aromatic carbocycles. The van der Waals surface area contributed by atoms with E-state index in [2.05, 4.69) is 56.5 Å². The maximum atomic E-state index is 6.97. The van der Waals surface area contributed by atoms with Crippen molar-refractivity contribution < 1.29 is 0 Å². The highest BCUT2D eigenvalue weighted by Crippen LogP contribution is 2.41. The van der Waals surface area contributed by atoms with Gasteiger partial charge in [-0.3, -0.25) is 4.90 Å². The lowest BCUT2D eigenvalue weighted by Crippen LogP contribution is -2.54. The first kappa shape index (κ1) is 16.3. The van der Waals surface area contributed by atoms with Crippen molar-refractivity contribution in [2.45, 2.75) is 58.0 Å². The van der Waals surface area contributed by atoms with Crippen LogP contribution in [-0.4, -0.2) is 24.0 Å². The molecule has 0 aliphatic heterocycles. The van der Waals surface area contributed by atoms with Crippen LogP contribution in [0.25, 0.3) is 0 Å². The monoisotopic (exact) mass is 286 g/mol. The third-order valence-electron chi connectivity index (χ3n) is 4.58. The molecule has 0 aromatic heterocycles. The Bertz CT molecular complexity index is 488. The zero-order chi connectivity index (χ0) is 15.5. The van der Waals surface area contributed by atoms with Gasteiger partial charge in [-0.2, -0.15) is 0 Å². The van der Waals surface area contributed by atoms with Crippen LogP contribution in [0, 0.1) is 0 Å². The maximum absolute atomic E-state index is 6.97. The molecular formula is C19H30N2. The first-order chi connectivity index (χ1) is 10.0. The fourth-order valence-corrected chi connectivity index (χ4v) is 3.89. The van der Waals surface area contributed by atoms with E-state index >= 15 is 0 Å². The van der Waals surface area contributed by atoms with E-state index in [4.69, 9.17) is 5.73 Å². The predicted molar refractivity (Wildman–Crippen MR) is 91.4 cm³/mol. The van der Waals surface area contributed by atoms with Crippen molar-refractivity contribution >= 4 is 0 Å². The lowest BCUT2D eigenvalue weighted by Gasteiger charge is -2.40. The first-order valence-corrected chi connectivity index (χ1v) is 8.28. The lowest BCUT2D eigenvalue weighted by atomic mass is 9.83. The van der Waals surface area contributed by atoms with E-state index in [1.807, 2.05) is 0 Å². The van der Waals surface area contributed by atoms with Crippen LogP contribution in [0.1, 0.15) is 51.2 Å². The van der Waals surface area contributed by atoms with Crippen LogP contribution in [0.4, 0.5) is 0 Å². The van der Waals surface area contributed by atoms with Gasteiger partial charge in [0, 0.05) is 6.04 Å². The summed E-state index contributed by atoms with van der Waals surface area (Å²) in [5, 5.41) is 0. The van der Waals surface area contributed by atoms with Gasteiger partial charge in [0.1, 0.15) is 0 Å². The lowest BCUT2D eigenvalue weighted by molar-refractivity contribution is 0.129. The van der Waals surface area contributed by atoms with Crippen molar-refractivity contribution in [3.63, 3.8) is 0 Å². The molecular weight excluding hydrogens is 256 g/mol. The van der Waals surface area contributed by atoms with Crippen LogP contribution in [-0.2, 0) is 12.0 Å². The third kappa shape index (κ3) is 3.22. The van der Waals surface area contributed by atoms with Crippen molar-refractivity contribution in [1.82, 2.24) is 4.90 Å². The molecule has 0 saturated heterocycles. The van der Waals surface area contributed by atoms with E-state index in [0.29, 0.717) is 6.04 Å². The molecule has 21 heavy (non-hydrogen) atoms. The summed E-state index contributed by atoms with van der Waals surface area (Å²) < 4.78 is 0. The quantitative estimate of drug-likeness (QED) is 0.771. The van der Waals surface area contributed by atoms with Crippen LogP contribution < -0.4 is 5.73 Å². The van der Waals surface area contributed by atoms with Gasteiger partial charge in [-0.25, -0.2) is 0 Å². The van der Waals surface area contributed by atoms with Gasteiger partial charge >= 0.3 is 0 Å². The van der Waals surface area contributed by atoms with Gasteiger partial charge in [-0.1, -0.05) is 43.7 Å².